The van der Waals surface area contributed by atoms with E-state index in [2.05, 4.69) is 42.5 Å². The zero-order valence-corrected chi connectivity index (χ0v) is 66.3. The number of carboxylic acids is 1. The third-order valence-electron chi connectivity index (χ3n) is 20.8. The third-order valence-corrected chi connectivity index (χ3v) is 20.8. The molecule has 118 heavy (non-hydrogen) atoms. The molecule has 6 fully saturated rings. The molecular weight excluding hydrogens is 1590 g/mol. The highest BCUT2D eigenvalue weighted by Crippen LogP contribution is 2.34. The van der Waals surface area contributed by atoms with Gasteiger partial charge in [-0.3, -0.25) is 57.5 Å². The molecule has 35 atom stereocenters. The van der Waals surface area contributed by atoms with Crippen LogP contribution in [0, 0.1) is 5.92 Å². The lowest BCUT2D eigenvalue weighted by atomic mass is 9.95. The lowest BCUT2D eigenvalue weighted by Gasteiger charge is -2.48. The normalized spacial score (nSPS) is 33.2. The lowest BCUT2D eigenvalue weighted by Crippen LogP contribution is -2.69. The quantitative estimate of drug-likeness (QED) is 0.0273. The predicted molar refractivity (Wildman–Crippen MR) is 388 cm³/mol. The lowest BCUT2D eigenvalue weighted by molar-refractivity contribution is -0.347. The second-order valence-corrected chi connectivity index (χ2v) is 30.3. The maximum Gasteiger partial charge on any atom is 0.322 e. The number of aliphatic carboxylic acids is 1. The van der Waals surface area contributed by atoms with Crippen LogP contribution < -0.4 is 53.6 Å². The van der Waals surface area contributed by atoms with Gasteiger partial charge in [0, 0.05) is 26.9 Å². The van der Waals surface area contributed by atoms with Crippen LogP contribution >= 0.6 is 0 Å². The number of carbonyl (C=O) groups excluding carboxylic acids is 11. The number of aliphatic hydroxyl groups is 16. The van der Waals surface area contributed by atoms with E-state index in [0.29, 0.717) is 0 Å². The molecule has 6 rings (SSSR count). The molecule has 6 saturated heterocycles. The van der Waals surface area contributed by atoms with Crippen molar-refractivity contribution in [1.29, 1.82) is 0 Å². The Kier molecular flexibility index (Phi) is 37.5. The summed E-state index contributed by atoms with van der Waals surface area (Å²) in [5.74, 6) is -15.2. The predicted octanol–water partition coefficient (Wildman–Crippen LogP) is -16.1. The molecule has 0 unspecified atom stereocenters. The van der Waals surface area contributed by atoms with Crippen LogP contribution in [0.5, 0.6) is 0 Å². The molecule has 0 aromatic heterocycles. The molecule has 674 valence electrons. The Hall–Kier alpha value is -7.36. The van der Waals surface area contributed by atoms with E-state index in [1.165, 1.54) is 13.8 Å². The zero-order chi connectivity index (χ0) is 88.7. The molecule has 6 aliphatic heterocycles. The first kappa shape index (κ1) is 99.5. The van der Waals surface area contributed by atoms with Crippen molar-refractivity contribution in [2.24, 2.45) is 11.7 Å². The van der Waals surface area contributed by atoms with Gasteiger partial charge in [-0.25, -0.2) is 0 Å². The van der Waals surface area contributed by atoms with E-state index in [1.54, 1.807) is 0 Å². The van der Waals surface area contributed by atoms with E-state index < -0.39 is 324 Å². The average Bonchev–Trinajstić information content (AvgIpc) is 0.922. The SMILES string of the molecule is CC(=O)N[C@H]1[C@@H](O[C@H](C)[C@H](NC(=O)[C@@H](NC(=O)[C@@H](N)[C@@H](C)O)[C@@H](C)O)C(=O)N[C@H](C(=O)N[C@@H](C(=O)N2CCC[C@H]2C(=O)N[C@H](C(=O)N2CCC[C@H]2C(=O)N[C@H](C(=O)NCC(=O)O)[C@@H](C)O)[C@@H](C)O[C@H]2O[C@H](CO)[C@H](O)[C@H](O[C@@H]3O[C@H](CO)[C@H](O)[C@H](O)[C@H]3O)[C@H]2NC(C)=O)[C@@H](C)O)C(C)C)O[C@H](CO)[C@H](O)[C@@H]1O[C@@H]1O[C@H](CO)[C@H](O)[C@H](O)[C@H]1O. The zero-order valence-electron chi connectivity index (χ0n) is 66.3. The summed E-state index contributed by atoms with van der Waals surface area (Å²) in [4.78, 5) is 170. The molecule has 0 saturated carbocycles. The Morgan fingerprint density at radius 3 is 1.14 bits per heavy atom. The van der Waals surface area contributed by atoms with Gasteiger partial charge in [0.1, 0.15) is 158 Å². The first-order chi connectivity index (χ1) is 55.3. The summed E-state index contributed by atoms with van der Waals surface area (Å²) >= 11 is 0. The first-order valence-corrected chi connectivity index (χ1v) is 38.3. The Morgan fingerprint density at radius 1 is 0.415 bits per heavy atom. The Balaban J connectivity index is 1.34. The minimum Gasteiger partial charge on any atom is -0.480 e. The van der Waals surface area contributed by atoms with Gasteiger partial charge >= 0.3 is 5.97 Å². The minimum absolute atomic E-state index is 0.00152. The van der Waals surface area contributed by atoms with Crippen LogP contribution in [0.3, 0.4) is 0 Å². The Labute approximate surface area is 675 Å². The van der Waals surface area contributed by atoms with Crippen LogP contribution in [0.15, 0.2) is 0 Å². The molecule has 11 amide bonds. The number of amides is 11. The third kappa shape index (κ3) is 24.7. The van der Waals surface area contributed by atoms with Gasteiger partial charge in [-0.2, -0.15) is 0 Å². The molecule has 0 aromatic carbocycles. The van der Waals surface area contributed by atoms with Crippen molar-refractivity contribution in [1.82, 2.24) is 57.7 Å². The monoisotopic (exact) mass is 1700 g/mol. The van der Waals surface area contributed by atoms with Gasteiger partial charge in [0.15, 0.2) is 25.2 Å². The molecular formula is C69H116N12O37. The van der Waals surface area contributed by atoms with Crippen LogP contribution in [0.2, 0.25) is 0 Å². The second-order valence-electron chi connectivity index (χ2n) is 30.3. The van der Waals surface area contributed by atoms with Crippen LogP contribution in [-0.4, -0.2) is 427 Å². The molecule has 0 radical (unpaired) electrons. The molecule has 6 aliphatic rings. The van der Waals surface area contributed by atoms with Crippen molar-refractivity contribution in [3.8, 4) is 0 Å². The number of aliphatic hydroxyl groups excluding tert-OH is 16. The van der Waals surface area contributed by atoms with Gasteiger partial charge in [0.2, 0.25) is 65.0 Å². The summed E-state index contributed by atoms with van der Waals surface area (Å²) < 4.78 is 47.2. The maximum atomic E-state index is 15.4. The summed E-state index contributed by atoms with van der Waals surface area (Å²) in [6.45, 7) is 5.78. The largest absolute Gasteiger partial charge is 0.480 e. The number of hydrogen-bond donors (Lipinski definition) is 27. The molecule has 6 heterocycles. The molecule has 0 bridgehead atoms. The fourth-order valence-corrected chi connectivity index (χ4v) is 14.2. The van der Waals surface area contributed by atoms with Crippen molar-refractivity contribution in [2.75, 3.05) is 46.1 Å². The van der Waals surface area contributed by atoms with E-state index in [4.69, 9.17) is 43.6 Å². The van der Waals surface area contributed by atoms with Crippen LogP contribution in [0.4, 0.5) is 0 Å². The number of rotatable bonds is 38. The van der Waals surface area contributed by atoms with Crippen molar-refractivity contribution in [3.63, 3.8) is 0 Å². The van der Waals surface area contributed by atoms with E-state index in [0.717, 1.165) is 65.2 Å². The number of hydrogen-bond acceptors (Lipinski definition) is 37. The molecule has 28 N–H and O–H groups in total. The number of ether oxygens (including phenoxy) is 8. The second kappa shape index (κ2) is 44.4. The average molecular weight is 1710 g/mol. The van der Waals surface area contributed by atoms with Crippen molar-refractivity contribution in [3.05, 3.63) is 0 Å². The molecule has 49 heteroatoms. The molecule has 0 spiro atoms. The smallest absolute Gasteiger partial charge is 0.322 e. The van der Waals surface area contributed by atoms with Gasteiger partial charge in [0.05, 0.1) is 63.1 Å². The topological polar surface area (TPSA) is 763 Å². The van der Waals surface area contributed by atoms with E-state index >= 15 is 19.2 Å². The Morgan fingerprint density at radius 2 is 0.754 bits per heavy atom. The highest BCUT2D eigenvalue weighted by atomic mass is 16.7. The first-order valence-electron chi connectivity index (χ1n) is 38.3. The fraction of sp³-hybridized carbons (Fsp3) is 0.826. The van der Waals surface area contributed by atoms with E-state index in [-0.39, 0.29) is 38.8 Å². The summed E-state index contributed by atoms with van der Waals surface area (Å²) in [7, 11) is 0. The minimum atomic E-state index is -2.19. The maximum absolute atomic E-state index is 15.4. The number of nitrogens with zero attached hydrogens (tertiary/aromatic N) is 2. The standard InChI is InChI=1S/C69H116N12O37/c1-22(2)39(74-63(108)43(78-62(107)41(25(5)88)76-59(104)38(70)23(3)86)27(7)111-66-45(72-29(9)90)55(49(96)35(20-84)113-66)117-68-53(100)51(98)47(94)33(18-82)115-68)61(106)77-42(26(6)89)64(109)80-15-11-14-32(80)58(103)79-44(65(110)81-16-12-13-31(81)57(102)75-40(24(4)87)60(105)71-17-37(92)93)28(8)112-67-46(73-30(10)91)56(50(97)36(21-85)114-67)118-69-54(101)52(99)48(95)34(19-83)116-69/h22-28,31-36,38-56,66-69,82-89,94-101H,11-21,70H2,1-10H3,(H,71,105)(H,72,90)(H,73,91)(H,74,108)(H,75,102)(H,76,104)(H,77,106)(H,78,107)(H,79,103)(H,92,93)/t23-,24-,25-,26-,27-,28-,31+,32+,33-,34-,35-,36-,38+,39+,40+,41+,42-,43+,44+,45-,46-,47+,48+,49+,50+,51+,52+,53-,54-,55-,56-,66+,67+,68+,69+/m1/s1. The van der Waals surface area contributed by atoms with E-state index in [9.17, 15) is 125 Å². The fourth-order valence-electron chi connectivity index (χ4n) is 14.2. The highest BCUT2D eigenvalue weighted by Gasteiger charge is 2.56. The number of carbonyl (C=O) groups is 12. The number of likely N-dealkylation sites (tertiary alicyclic amines) is 2. The highest BCUT2D eigenvalue weighted by molar-refractivity contribution is 5.99. The van der Waals surface area contributed by atoms with Crippen LogP contribution in [0.25, 0.3) is 0 Å². The summed E-state index contributed by atoms with van der Waals surface area (Å²) in [6.07, 6.45) is -45.5. The van der Waals surface area contributed by atoms with Gasteiger partial charge in [-0.1, -0.05) is 13.8 Å². The van der Waals surface area contributed by atoms with Gasteiger partial charge < -0.3 is 188 Å². The van der Waals surface area contributed by atoms with Crippen molar-refractivity contribution in [2.45, 2.75) is 309 Å². The van der Waals surface area contributed by atoms with Crippen molar-refractivity contribution >= 4 is 70.9 Å². The molecule has 0 aliphatic carbocycles. The van der Waals surface area contributed by atoms with E-state index in [1.807, 2.05) is 5.32 Å². The molecule has 0 aromatic rings. The number of nitrogens with two attached hydrogens (primary N) is 1. The summed E-state index contributed by atoms with van der Waals surface area (Å²) in [5, 5.41) is 202. The Bertz CT molecular complexity index is 3410. The van der Waals surface area contributed by atoms with Gasteiger partial charge in [0.25, 0.3) is 0 Å². The van der Waals surface area contributed by atoms with Crippen molar-refractivity contribution < 1.29 is 182 Å². The molecule has 49 nitrogen and oxygen atoms in total. The number of nitrogens with one attached hydrogen (secondary N) is 9. The van der Waals surface area contributed by atoms with Crippen LogP contribution in [0.1, 0.15) is 94.9 Å². The number of carboxylic acid groups (broad SMARTS) is 1. The van der Waals surface area contributed by atoms with Gasteiger partial charge in [-0.05, 0) is 73.1 Å². The summed E-state index contributed by atoms with van der Waals surface area (Å²) in [6, 6.07) is -20.5. The van der Waals surface area contributed by atoms with Gasteiger partial charge in [-0.15, -0.1) is 0 Å². The summed E-state index contributed by atoms with van der Waals surface area (Å²) in [5.41, 5.74) is 5.82. The van der Waals surface area contributed by atoms with Crippen LogP contribution in [-0.2, 0) is 95.4 Å².